The Bertz CT molecular complexity index is 1240. The van der Waals surface area contributed by atoms with Crippen LogP contribution in [0.15, 0.2) is 66.7 Å². The third kappa shape index (κ3) is 6.98. The lowest BCUT2D eigenvalue weighted by atomic mass is 10.0. The molecule has 1 aliphatic rings. The first-order valence-corrected chi connectivity index (χ1v) is 12.7. The van der Waals surface area contributed by atoms with Crippen molar-refractivity contribution in [2.75, 3.05) is 44.2 Å². The third-order valence-electron chi connectivity index (χ3n) is 6.69. The van der Waals surface area contributed by atoms with Crippen molar-refractivity contribution in [2.45, 2.75) is 26.8 Å². The zero-order valence-corrected chi connectivity index (χ0v) is 21.5. The largest absolute Gasteiger partial charge is 0.573 e. The maximum atomic E-state index is 13.0. The predicted octanol–water partition coefficient (Wildman–Crippen LogP) is 5.76. The number of phenols is 1. The van der Waals surface area contributed by atoms with E-state index in [0.29, 0.717) is 41.9 Å². The van der Waals surface area contributed by atoms with Gasteiger partial charge in [-0.1, -0.05) is 12.1 Å². The molecule has 3 aromatic carbocycles. The summed E-state index contributed by atoms with van der Waals surface area (Å²) in [6.45, 7) is 8.68. The highest BCUT2D eigenvalue weighted by molar-refractivity contribution is 5.94. The highest BCUT2D eigenvalue weighted by atomic mass is 19.4. The van der Waals surface area contributed by atoms with Crippen LogP contribution in [0.1, 0.15) is 29.8 Å². The van der Waals surface area contributed by atoms with Crippen molar-refractivity contribution in [3.8, 4) is 22.6 Å². The fourth-order valence-electron chi connectivity index (χ4n) is 4.73. The standard InChI is InChI=1S/C29H32F3N3O3/c1-3-34(4-2)28(37)22-8-10-25(11-9-22)35-14-12-33(13-15-35)20-21-16-24(23-6-5-7-26(36)18-23)19-27(17-21)38-29(30,31)32/h5-11,16-19,36H,3-4,12-15,20H2,1-2H3. The molecule has 1 aliphatic heterocycles. The molecular formula is C29H32F3N3O3. The molecular weight excluding hydrogens is 495 g/mol. The predicted molar refractivity (Wildman–Crippen MR) is 141 cm³/mol. The van der Waals surface area contributed by atoms with Gasteiger partial charge in [0.2, 0.25) is 0 Å². The fourth-order valence-corrected chi connectivity index (χ4v) is 4.73. The zero-order chi connectivity index (χ0) is 27.3. The minimum Gasteiger partial charge on any atom is -0.508 e. The van der Waals surface area contributed by atoms with Crippen LogP contribution >= 0.6 is 0 Å². The van der Waals surface area contributed by atoms with Gasteiger partial charge in [0, 0.05) is 57.1 Å². The van der Waals surface area contributed by atoms with Crippen LogP contribution in [0.3, 0.4) is 0 Å². The van der Waals surface area contributed by atoms with Crippen molar-refractivity contribution in [1.29, 1.82) is 0 Å². The average molecular weight is 528 g/mol. The number of phenolic OH excluding ortho intramolecular Hbond substituents is 1. The Hall–Kier alpha value is -3.72. The van der Waals surface area contributed by atoms with Crippen LogP contribution < -0.4 is 9.64 Å². The van der Waals surface area contributed by atoms with Crippen LogP contribution in [0.4, 0.5) is 18.9 Å². The van der Waals surface area contributed by atoms with Gasteiger partial charge < -0.3 is 19.6 Å². The first-order chi connectivity index (χ1) is 18.1. The molecule has 1 saturated heterocycles. The molecule has 6 nitrogen and oxygen atoms in total. The minimum absolute atomic E-state index is 0.0215. The van der Waals surface area contributed by atoms with Crippen LogP contribution in [-0.4, -0.2) is 66.4 Å². The zero-order valence-electron chi connectivity index (χ0n) is 21.5. The number of anilines is 1. The quantitative estimate of drug-likeness (QED) is 0.404. The molecule has 1 amide bonds. The van der Waals surface area contributed by atoms with E-state index in [1.165, 1.54) is 24.3 Å². The van der Waals surface area contributed by atoms with Crippen molar-refractivity contribution in [2.24, 2.45) is 0 Å². The van der Waals surface area contributed by atoms with Crippen LogP contribution in [0.25, 0.3) is 11.1 Å². The summed E-state index contributed by atoms with van der Waals surface area (Å²) in [5.74, 6) is -0.229. The molecule has 0 spiro atoms. The number of nitrogens with zero attached hydrogens (tertiary/aromatic N) is 3. The highest BCUT2D eigenvalue weighted by Crippen LogP contribution is 2.32. The smallest absolute Gasteiger partial charge is 0.508 e. The van der Waals surface area contributed by atoms with Crippen molar-refractivity contribution >= 4 is 11.6 Å². The topological polar surface area (TPSA) is 56.3 Å². The van der Waals surface area contributed by atoms with E-state index < -0.39 is 6.36 Å². The average Bonchev–Trinajstić information content (AvgIpc) is 2.89. The number of amides is 1. The van der Waals surface area contributed by atoms with Crippen LogP contribution in [0.5, 0.6) is 11.5 Å². The van der Waals surface area contributed by atoms with Crippen LogP contribution in [0.2, 0.25) is 0 Å². The van der Waals surface area contributed by atoms with Gasteiger partial charge in [-0.25, -0.2) is 0 Å². The summed E-state index contributed by atoms with van der Waals surface area (Å²) in [4.78, 5) is 18.8. The molecule has 1 heterocycles. The van der Waals surface area contributed by atoms with E-state index in [2.05, 4.69) is 14.5 Å². The van der Waals surface area contributed by atoms with Gasteiger partial charge in [-0.2, -0.15) is 0 Å². The Balaban J connectivity index is 1.43. The van der Waals surface area contributed by atoms with E-state index in [0.717, 1.165) is 31.9 Å². The van der Waals surface area contributed by atoms with Crippen LogP contribution in [0, 0.1) is 0 Å². The van der Waals surface area contributed by atoms with Gasteiger partial charge in [0.15, 0.2) is 0 Å². The molecule has 9 heteroatoms. The fraction of sp³-hybridized carbons (Fsp3) is 0.345. The van der Waals surface area contributed by atoms with Crippen LogP contribution in [-0.2, 0) is 6.54 Å². The lowest BCUT2D eigenvalue weighted by Crippen LogP contribution is -2.46. The number of hydrogen-bond acceptors (Lipinski definition) is 5. The molecule has 0 unspecified atom stereocenters. The molecule has 202 valence electrons. The van der Waals surface area contributed by atoms with E-state index in [4.69, 9.17) is 0 Å². The summed E-state index contributed by atoms with van der Waals surface area (Å²) in [6.07, 6.45) is -4.80. The lowest BCUT2D eigenvalue weighted by molar-refractivity contribution is -0.274. The second kappa shape index (κ2) is 11.8. The Morgan fingerprint density at radius 3 is 2.21 bits per heavy atom. The van der Waals surface area contributed by atoms with Gasteiger partial charge in [0.1, 0.15) is 11.5 Å². The summed E-state index contributed by atoms with van der Waals surface area (Å²) >= 11 is 0. The lowest BCUT2D eigenvalue weighted by Gasteiger charge is -2.36. The molecule has 4 rings (SSSR count). The third-order valence-corrected chi connectivity index (χ3v) is 6.69. The number of aromatic hydroxyl groups is 1. The molecule has 1 fully saturated rings. The molecule has 1 N–H and O–H groups in total. The van der Waals surface area contributed by atoms with E-state index in [-0.39, 0.29) is 17.4 Å². The van der Waals surface area contributed by atoms with E-state index in [1.54, 1.807) is 17.0 Å². The second-order valence-electron chi connectivity index (χ2n) is 9.25. The number of carbonyl (C=O) groups excluding carboxylic acids is 1. The monoisotopic (exact) mass is 527 g/mol. The summed E-state index contributed by atoms with van der Waals surface area (Å²) < 4.78 is 43.2. The molecule has 0 aliphatic carbocycles. The van der Waals surface area contributed by atoms with E-state index in [9.17, 15) is 23.1 Å². The Morgan fingerprint density at radius 1 is 0.921 bits per heavy atom. The number of ether oxygens (including phenoxy) is 1. The van der Waals surface area contributed by atoms with Gasteiger partial charge in [0.05, 0.1) is 0 Å². The maximum absolute atomic E-state index is 13.0. The van der Waals surface area contributed by atoms with Gasteiger partial charge in [-0.05, 0) is 85.1 Å². The van der Waals surface area contributed by atoms with E-state index >= 15 is 0 Å². The van der Waals surface area contributed by atoms with Gasteiger partial charge in [-0.15, -0.1) is 13.2 Å². The molecule has 0 atom stereocenters. The molecule has 38 heavy (non-hydrogen) atoms. The van der Waals surface area contributed by atoms with Crippen molar-refractivity contribution in [3.05, 3.63) is 77.9 Å². The van der Waals surface area contributed by atoms with Gasteiger partial charge >= 0.3 is 6.36 Å². The number of benzene rings is 3. The first kappa shape index (κ1) is 27.3. The number of hydrogen-bond donors (Lipinski definition) is 1. The van der Waals surface area contributed by atoms with Gasteiger partial charge in [0.25, 0.3) is 5.91 Å². The second-order valence-corrected chi connectivity index (χ2v) is 9.25. The summed E-state index contributed by atoms with van der Waals surface area (Å²) in [7, 11) is 0. The normalized spacial score (nSPS) is 14.4. The first-order valence-electron chi connectivity index (χ1n) is 12.7. The highest BCUT2D eigenvalue weighted by Gasteiger charge is 2.31. The molecule has 0 radical (unpaired) electrons. The minimum atomic E-state index is -4.80. The van der Waals surface area contributed by atoms with Crippen molar-refractivity contribution in [3.63, 3.8) is 0 Å². The Kier molecular flexibility index (Phi) is 8.46. The van der Waals surface area contributed by atoms with Crippen molar-refractivity contribution in [1.82, 2.24) is 9.80 Å². The number of alkyl halides is 3. The maximum Gasteiger partial charge on any atom is 0.573 e. The number of halogens is 3. The summed E-state index contributed by atoms with van der Waals surface area (Å²) in [5, 5.41) is 9.83. The van der Waals surface area contributed by atoms with Crippen molar-refractivity contribution < 1.29 is 27.8 Å². The molecule has 0 bridgehead atoms. The summed E-state index contributed by atoms with van der Waals surface area (Å²) in [6, 6.07) is 18.6. The van der Waals surface area contributed by atoms with Gasteiger partial charge in [-0.3, -0.25) is 9.69 Å². The number of rotatable bonds is 8. The SMILES string of the molecule is CCN(CC)C(=O)c1ccc(N2CCN(Cc3cc(OC(F)(F)F)cc(-c4cccc(O)c4)c3)CC2)cc1. The number of carbonyl (C=O) groups is 1. The van der Waals surface area contributed by atoms with E-state index in [1.807, 2.05) is 44.2 Å². The molecule has 0 aromatic heterocycles. The summed E-state index contributed by atoms with van der Waals surface area (Å²) in [5.41, 5.74) is 3.53. The Morgan fingerprint density at radius 2 is 1.61 bits per heavy atom. The Labute approximate surface area is 220 Å². The molecule has 0 saturated carbocycles. The molecule has 3 aromatic rings. The number of piperazine rings is 1.